The molecule has 3 nitrogen and oxygen atoms in total. The van der Waals surface area contributed by atoms with Crippen molar-refractivity contribution in [2.24, 2.45) is 0 Å². The molecule has 12 heavy (non-hydrogen) atoms. The topological polar surface area (TPSA) is 43.4 Å². The van der Waals surface area contributed by atoms with Gasteiger partial charge >= 0.3 is 5.82 Å². The Bertz CT molecular complexity index is 345. The molecule has 3 heteroatoms. The standard InChI is InChI=1S/C9H10O3/c1-2-6-4-3-5-7-8(6)12-9(10)11-7/h2,6H,1,3-5H2. The summed E-state index contributed by atoms with van der Waals surface area (Å²) in [4.78, 5) is 10.8. The molecular formula is C9H10O3. The molecule has 0 saturated heterocycles. The molecule has 64 valence electrons. The van der Waals surface area contributed by atoms with Crippen molar-refractivity contribution in [2.45, 2.75) is 25.2 Å². The van der Waals surface area contributed by atoms with Gasteiger partial charge in [0, 0.05) is 12.3 Å². The van der Waals surface area contributed by atoms with Gasteiger partial charge in [0.05, 0.1) is 0 Å². The number of aryl methyl sites for hydroxylation is 1. The molecule has 1 aromatic rings. The number of allylic oxidation sites excluding steroid dienone is 1. The minimum Gasteiger partial charge on any atom is -0.396 e. The van der Waals surface area contributed by atoms with E-state index in [-0.39, 0.29) is 5.92 Å². The fraction of sp³-hybridized carbons (Fsp3) is 0.444. The largest absolute Gasteiger partial charge is 0.519 e. The van der Waals surface area contributed by atoms with E-state index in [9.17, 15) is 4.79 Å². The van der Waals surface area contributed by atoms with Crippen LogP contribution >= 0.6 is 0 Å². The quantitative estimate of drug-likeness (QED) is 0.598. The van der Waals surface area contributed by atoms with E-state index >= 15 is 0 Å². The lowest BCUT2D eigenvalue weighted by molar-refractivity contribution is 0.367. The van der Waals surface area contributed by atoms with Crippen molar-refractivity contribution in [2.75, 3.05) is 0 Å². The molecule has 0 saturated carbocycles. The summed E-state index contributed by atoms with van der Waals surface area (Å²) in [5.41, 5.74) is 0. The highest BCUT2D eigenvalue weighted by molar-refractivity contribution is 5.17. The summed E-state index contributed by atoms with van der Waals surface area (Å²) in [5.74, 6) is 0.964. The van der Waals surface area contributed by atoms with Crippen LogP contribution in [0.25, 0.3) is 0 Å². The Labute approximate surface area is 69.7 Å². The third-order valence-corrected chi connectivity index (χ3v) is 2.21. The van der Waals surface area contributed by atoms with E-state index in [4.69, 9.17) is 8.83 Å². The predicted octanol–water partition coefficient (Wildman–Crippen LogP) is 1.84. The second-order valence-electron chi connectivity index (χ2n) is 2.98. The van der Waals surface area contributed by atoms with E-state index in [1.807, 2.05) is 0 Å². The molecule has 0 spiro atoms. The summed E-state index contributed by atoms with van der Waals surface area (Å²) in [6.45, 7) is 3.69. The third-order valence-electron chi connectivity index (χ3n) is 2.21. The number of rotatable bonds is 1. The maximum atomic E-state index is 10.8. The van der Waals surface area contributed by atoms with Gasteiger partial charge in [0.25, 0.3) is 0 Å². The van der Waals surface area contributed by atoms with Crippen LogP contribution in [0.3, 0.4) is 0 Å². The second-order valence-corrected chi connectivity index (χ2v) is 2.98. The first-order chi connectivity index (χ1) is 5.81. The van der Waals surface area contributed by atoms with Gasteiger partial charge in [0.1, 0.15) is 0 Å². The van der Waals surface area contributed by atoms with Crippen LogP contribution in [0.4, 0.5) is 0 Å². The van der Waals surface area contributed by atoms with Crippen molar-refractivity contribution >= 4 is 0 Å². The molecule has 0 aromatic carbocycles. The molecule has 1 aliphatic rings. The Morgan fingerprint density at radius 3 is 3.08 bits per heavy atom. The maximum absolute atomic E-state index is 10.8. The average Bonchev–Trinajstić information content (AvgIpc) is 2.44. The third kappa shape index (κ3) is 1.02. The van der Waals surface area contributed by atoms with Crippen LogP contribution in [0, 0.1) is 0 Å². The number of fused-ring (bicyclic) bond motifs is 1. The Morgan fingerprint density at radius 1 is 1.50 bits per heavy atom. The lowest BCUT2D eigenvalue weighted by Crippen LogP contribution is -2.04. The molecule has 0 bridgehead atoms. The highest BCUT2D eigenvalue weighted by Gasteiger charge is 2.24. The highest BCUT2D eigenvalue weighted by atomic mass is 16.6. The van der Waals surface area contributed by atoms with Gasteiger partial charge in [0.15, 0.2) is 11.5 Å². The zero-order valence-electron chi connectivity index (χ0n) is 6.71. The van der Waals surface area contributed by atoms with E-state index in [0.717, 1.165) is 19.3 Å². The summed E-state index contributed by atoms with van der Waals surface area (Å²) < 4.78 is 9.78. The molecule has 0 amide bonds. The van der Waals surface area contributed by atoms with Gasteiger partial charge in [-0.2, -0.15) is 0 Å². The molecule has 1 aliphatic carbocycles. The Morgan fingerprint density at radius 2 is 2.33 bits per heavy atom. The molecule has 1 atom stereocenters. The fourth-order valence-electron chi connectivity index (χ4n) is 1.61. The SMILES string of the molecule is C=CC1CCCc2oc(=O)oc21. The van der Waals surface area contributed by atoms with E-state index in [0.29, 0.717) is 11.5 Å². The zero-order valence-corrected chi connectivity index (χ0v) is 6.71. The lowest BCUT2D eigenvalue weighted by atomic mass is 9.91. The Kier molecular flexibility index (Phi) is 1.64. The van der Waals surface area contributed by atoms with Crippen molar-refractivity contribution in [3.05, 3.63) is 34.8 Å². The van der Waals surface area contributed by atoms with Crippen LogP contribution in [0.5, 0.6) is 0 Å². The van der Waals surface area contributed by atoms with Crippen LogP contribution in [0.2, 0.25) is 0 Å². The van der Waals surface area contributed by atoms with Crippen LogP contribution < -0.4 is 5.82 Å². The normalized spacial score (nSPS) is 21.8. The zero-order chi connectivity index (χ0) is 8.55. The summed E-state index contributed by atoms with van der Waals surface area (Å²) in [5, 5.41) is 0. The van der Waals surface area contributed by atoms with Crippen LogP contribution in [0.15, 0.2) is 26.3 Å². The molecule has 1 aromatic heterocycles. The summed E-state index contributed by atoms with van der Waals surface area (Å²) in [6.07, 6.45) is 4.65. The molecule has 1 unspecified atom stereocenters. The van der Waals surface area contributed by atoms with Crippen molar-refractivity contribution in [1.29, 1.82) is 0 Å². The minimum absolute atomic E-state index is 0.167. The van der Waals surface area contributed by atoms with E-state index in [1.165, 1.54) is 0 Å². The molecule has 0 fully saturated rings. The van der Waals surface area contributed by atoms with Gasteiger partial charge in [0.2, 0.25) is 0 Å². The summed E-state index contributed by atoms with van der Waals surface area (Å²) in [6, 6.07) is 0. The molecule has 0 aliphatic heterocycles. The minimum atomic E-state index is -0.589. The first-order valence-electron chi connectivity index (χ1n) is 4.06. The highest BCUT2D eigenvalue weighted by Crippen LogP contribution is 2.31. The van der Waals surface area contributed by atoms with Crippen LogP contribution in [-0.2, 0) is 6.42 Å². The number of hydrogen-bond donors (Lipinski definition) is 0. The average molecular weight is 166 g/mol. The van der Waals surface area contributed by atoms with Crippen molar-refractivity contribution < 1.29 is 8.83 Å². The number of hydrogen-bond acceptors (Lipinski definition) is 3. The Hall–Kier alpha value is -1.25. The molecule has 0 radical (unpaired) electrons. The van der Waals surface area contributed by atoms with Gasteiger partial charge in [-0.25, -0.2) is 4.79 Å². The van der Waals surface area contributed by atoms with Gasteiger partial charge in [-0.15, -0.1) is 6.58 Å². The lowest BCUT2D eigenvalue weighted by Gasteiger charge is -2.14. The van der Waals surface area contributed by atoms with Crippen LogP contribution in [-0.4, -0.2) is 0 Å². The van der Waals surface area contributed by atoms with Crippen LogP contribution in [0.1, 0.15) is 30.3 Å². The van der Waals surface area contributed by atoms with Gasteiger partial charge in [-0.3, -0.25) is 0 Å². The summed E-state index contributed by atoms with van der Waals surface area (Å²) >= 11 is 0. The Balaban J connectivity index is 2.49. The van der Waals surface area contributed by atoms with Crippen molar-refractivity contribution in [3.63, 3.8) is 0 Å². The smallest absolute Gasteiger partial charge is 0.396 e. The van der Waals surface area contributed by atoms with E-state index in [1.54, 1.807) is 6.08 Å². The molecular weight excluding hydrogens is 156 g/mol. The van der Waals surface area contributed by atoms with Crippen molar-refractivity contribution in [3.8, 4) is 0 Å². The van der Waals surface area contributed by atoms with Gasteiger partial charge in [-0.1, -0.05) is 6.08 Å². The van der Waals surface area contributed by atoms with E-state index < -0.39 is 5.82 Å². The first-order valence-corrected chi connectivity index (χ1v) is 4.06. The molecule has 0 N–H and O–H groups in total. The molecule has 1 heterocycles. The second kappa shape index (κ2) is 2.66. The van der Waals surface area contributed by atoms with Gasteiger partial charge < -0.3 is 8.83 Å². The maximum Gasteiger partial charge on any atom is 0.519 e. The predicted molar refractivity (Wildman–Crippen MR) is 43.1 cm³/mol. The first kappa shape index (κ1) is 7.40. The summed E-state index contributed by atoms with van der Waals surface area (Å²) in [7, 11) is 0. The monoisotopic (exact) mass is 166 g/mol. The fourth-order valence-corrected chi connectivity index (χ4v) is 1.61. The van der Waals surface area contributed by atoms with E-state index in [2.05, 4.69) is 6.58 Å². The van der Waals surface area contributed by atoms with Crippen molar-refractivity contribution in [1.82, 2.24) is 0 Å². The molecule has 2 rings (SSSR count). The van der Waals surface area contributed by atoms with Gasteiger partial charge in [-0.05, 0) is 12.8 Å².